The average molecular weight is 274 g/mol. The van der Waals surface area contributed by atoms with Crippen LogP contribution in [0.1, 0.15) is 43.1 Å². The molecule has 1 aromatic heterocycles. The largest absolute Gasteiger partial charge is 0.333 e. The van der Waals surface area contributed by atoms with E-state index < -0.39 is 0 Å². The van der Waals surface area contributed by atoms with E-state index in [1.54, 1.807) is 18.6 Å². The second-order valence-corrected chi connectivity index (χ2v) is 5.64. The number of nitrogens with zero attached hydrogens (tertiary/aromatic N) is 4. The van der Waals surface area contributed by atoms with Gasteiger partial charge in [-0.1, -0.05) is 6.92 Å². The summed E-state index contributed by atoms with van der Waals surface area (Å²) >= 11 is 0. The summed E-state index contributed by atoms with van der Waals surface area (Å²) in [7, 11) is 0. The van der Waals surface area contributed by atoms with Crippen LogP contribution in [0.25, 0.3) is 0 Å². The quantitative estimate of drug-likeness (QED) is 0.839. The van der Waals surface area contributed by atoms with Gasteiger partial charge in [0.15, 0.2) is 0 Å². The molecule has 2 atom stereocenters. The van der Waals surface area contributed by atoms with E-state index in [1.165, 1.54) is 19.4 Å². The Bertz CT molecular complexity index is 464. The van der Waals surface area contributed by atoms with Crippen molar-refractivity contribution in [2.24, 2.45) is 0 Å². The Morgan fingerprint density at radius 3 is 2.80 bits per heavy atom. The molecule has 2 saturated heterocycles. The predicted molar refractivity (Wildman–Crippen MR) is 76.4 cm³/mol. The van der Waals surface area contributed by atoms with Gasteiger partial charge in [-0.3, -0.25) is 14.7 Å². The molecule has 5 nitrogen and oxygen atoms in total. The van der Waals surface area contributed by atoms with Crippen molar-refractivity contribution in [2.75, 3.05) is 19.6 Å². The van der Waals surface area contributed by atoms with Gasteiger partial charge in [-0.05, 0) is 38.8 Å². The molecule has 3 rings (SSSR count). The maximum atomic E-state index is 12.6. The topological polar surface area (TPSA) is 49.3 Å². The highest BCUT2D eigenvalue weighted by molar-refractivity contribution is 5.92. The summed E-state index contributed by atoms with van der Waals surface area (Å²) in [6, 6.07) is 0.884. The molecule has 0 bridgehead atoms. The van der Waals surface area contributed by atoms with Gasteiger partial charge in [0.05, 0.1) is 6.20 Å². The van der Waals surface area contributed by atoms with Crippen LogP contribution in [-0.4, -0.2) is 57.4 Å². The minimum atomic E-state index is 0.0450. The van der Waals surface area contributed by atoms with E-state index in [0.717, 1.165) is 25.9 Å². The molecule has 0 saturated carbocycles. The highest BCUT2D eigenvalue weighted by Crippen LogP contribution is 2.30. The van der Waals surface area contributed by atoms with E-state index in [-0.39, 0.29) is 5.91 Å². The van der Waals surface area contributed by atoms with E-state index in [0.29, 0.717) is 17.8 Å². The summed E-state index contributed by atoms with van der Waals surface area (Å²) in [5.41, 5.74) is 0.473. The summed E-state index contributed by atoms with van der Waals surface area (Å²) in [6.45, 7) is 5.31. The highest BCUT2D eigenvalue weighted by atomic mass is 16.2. The van der Waals surface area contributed by atoms with E-state index in [2.05, 4.69) is 21.8 Å². The molecule has 5 heteroatoms. The minimum absolute atomic E-state index is 0.0450. The lowest BCUT2D eigenvalue weighted by atomic mass is 10.0. The first-order valence-corrected chi connectivity index (χ1v) is 7.62. The molecule has 2 aliphatic rings. The molecular formula is C15H22N4O. The Hall–Kier alpha value is -1.49. The van der Waals surface area contributed by atoms with Crippen molar-refractivity contribution >= 4 is 5.91 Å². The van der Waals surface area contributed by atoms with E-state index in [4.69, 9.17) is 0 Å². The van der Waals surface area contributed by atoms with Crippen LogP contribution in [0.4, 0.5) is 0 Å². The maximum absolute atomic E-state index is 12.6. The molecule has 3 heterocycles. The Balaban J connectivity index is 1.77. The molecule has 1 amide bonds. The van der Waals surface area contributed by atoms with Gasteiger partial charge in [-0.15, -0.1) is 0 Å². The van der Waals surface area contributed by atoms with Crippen molar-refractivity contribution < 1.29 is 4.79 Å². The van der Waals surface area contributed by atoms with Crippen molar-refractivity contribution in [1.29, 1.82) is 0 Å². The van der Waals surface area contributed by atoms with Crippen molar-refractivity contribution in [3.05, 3.63) is 24.3 Å². The van der Waals surface area contributed by atoms with Gasteiger partial charge in [0.1, 0.15) is 5.69 Å². The standard InChI is InChI=1S/C15H22N4O/c1-2-18-9-3-5-13(18)14-6-4-10-19(14)15(20)12-11-16-7-8-17-12/h7-8,11,13-14H,2-6,9-10H2,1H3/t13-,14-/m1/s1. The van der Waals surface area contributed by atoms with E-state index in [1.807, 2.05) is 4.90 Å². The molecule has 1 aromatic rings. The van der Waals surface area contributed by atoms with Gasteiger partial charge in [0, 0.05) is 31.0 Å². The smallest absolute Gasteiger partial charge is 0.274 e. The zero-order chi connectivity index (χ0) is 13.9. The number of rotatable bonds is 3. The Morgan fingerprint density at radius 1 is 1.25 bits per heavy atom. The van der Waals surface area contributed by atoms with Crippen LogP contribution in [-0.2, 0) is 0 Å². The summed E-state index contributed by atoms with van der Waals surface area (Å²) in [5, 5.41) is 0. The predicted octanol–water partition coefficient (Wildman–Crippen LogP) is 1.57. The van der Waals surface area contributed by atoms with Crippen molar-refractivity contribution in [3.8, 4) is 0 Å². The van der Waals surface area contributed by atoms with Crippen LogP contribution in [0.15, 0.2) is 18.6 Å². The van der Waals surface area contributed by atoms with Crippen LogP contribution < -0.4 is 0 Å². The average Bonchev–Trinajstić information content (AvgIpc) is 3.15. The lowest BCUT2D eigenvalue weighted by Gasteiger charge is -2.34. The SMILES string of the molecule is CCN1CCC[C@@H]1[C@H]1CCCN1C(=O)c1cnccn1. The first kappa shape index (κ1) is 13.5. The number of likely N-dealkylation sites (N-methyl/N-ethyl adjacent to an activating group) is 1. The number of amides is 1. The molecule has 0 radical (unpaired) electrons. The lowest BCUT2D eigenvalue weighted by molar-refractivity contribution is 0.0643. The molecule has 0 N–H and O–H groups in total. The molecule has 108 valence electrons. The van der Waals surface area contributed by atoms with Crippen molar-refractivity contribution in [1.82, 2.24) is 19.8 Å². The molecule has 2 fully saturated rings. The first-order valence-electron chi connectivity index (χ1n) is 7.62. The molecule has 0 unspecified atom stereocenters. The fourth-order valence-corrected chi connectivity index (χ4v) is 3.68. The maximum Gasteiger partial charge on any atom is 0.274 e. The Kier molecular flexibility index (Phi) is 3.96. The normalized spacial score (nSPS) is 27.1. The van der Waals surface area contributed by atoms with Gasteiger partial charge in [0.2, 0.25) is 0 Å². The fraction of sp³-hybridized carbons (Fsp3) is 0.667. The molecule has 20 heavy (non-hydrogen) atoms. The van der Waals surface area contributed by atoms with Crippen LogP contribution in [0, 0.1) is 0 Å². The summed E-state index contributed by atoms with van der Waals surface area (Å²) in [6.07, 6.45) is 9.45. The van der Waals surface area contributed by atoms with E-state index >= 15 is 0 Å². The van der Waals surface area contributed by atoms with Gasteiger partial charge in [-0.2, -0.15) is 0 Å². The lowest BCUT2D eigenvalue weighted by Crippen LogP contribution is -2.48. The zero-order valence-corrected chi connectivity index (χ0v) is 12.0. The third-order valence-electron chi connectivity index (χ3n) is 4.61. The summed E-state index contributed by atoms with van der Waals surface area (Å²) in [5.74, 6) is 0.0450. The van der Waals surface area contributed by atoms with Crippen LogP contribution in [0.2, 0.25) is 0 Å². The fourth-order valence-electron chi connectivity index (χ4n) is 3.68. The molecule has 0 aromatic carbocycles. The Morgan fingerprint density at radius 2 is 2.05 bits per heavy atom. The first-order chi connectivity index (χ1) is 9.81. The number of hydrogen-bond donors (Lipinski definition) is 0. The number of carbonyl (C=O) groups excluding carboxylic acids is 1. The third-order valence-corrected chi connectivity index (χ3v) is 4.61. The van der Waals surface area contributed by atoms with Gasteiger partial charge in [0.25, 0.3) is 5.91 Å². The van der Waals surface area contributed by atoms with Gasteiger partial charge < -0.3 is 4.90 Å². The molecule has 0 aliphatic carbocycles. The van der Waals surface area contributed by atoms with Gasteiger partial charge in [-0.25, -0.2) is 4.98 Å². The van der Waals surface area contributed by atoms with Crippen molar-refractivity contribution in [3.63, 3.8) is 0 Å². The van der Waals surface area contributed by atoms with Crippen LogP contribution in [0.3, 0.4) is 0 Å². The number of hydrogen-bond acceptors (Lipinski definition) is 4. The number of carbonyl (C=O) groups is 1. The second kappa shape index (κ2) is 5.87. The minimum Gasteiger partial charge on any atom is -0.333 e. The zero-order valence-electron chi connectivity index (χ0n) is 12.0. The summed E-state index contributed by atoms with van der Waals surface area (Å²) in [4.78, 5) is 25.3. The third kappa shape index (κ3) is 2.42. The molecule has 0 spiro atoms. The highest BCUT2D eigenvalue weighted by Gasteiger charge is 2.39. The van der Waals surface area contributed by atoms with Crippen LogP contribution in [0.5, 0.6) is 0 Å². The second-order valence-electron chi connectivity index (χ2n) is 5.64. The van der Waals surface area contributed by atoms with Crippen molar-refractivity contribution in [2.45, 2.75) is 44.7 Å². The van der Waals surface area contributed by atoms with Gasteiger partial charge >= 0.3 is 0 Å². The van der Waals surface area contributed by atoms with E-state index in [9.17, 15) is 4.79 Å². The monoisotopic (exact) mass is 274 g/mol. The van der Waals surface area contributed by atoms with Crippen LogP contribution >= 0.6 is 0 Å². The molecule has 2 aliphatic heterocycles. The number of likely N-dealkylation sites (tertiary alicyclic amines) is 2. The number of aromatic nitrogens is 2. The summed E-state index contributed by atoms with van der Waals surface area (Å²) < 4.78 is 0. The molecular weight excluding hydrogens is 252 g/mol. The Labute approximate surface area is 120 Å².